The van der Waals surface area contributed by atoms with E-state index >= 15 is 0 Å². The molecule has 0 bridgehead atoms. The second kappa shape index (κ2) is 6.93. The quantitative estimate of drug-likeness (QED) is 0.544. The molecule has 6 nitrogen and oxygen atoms in total. The van der Waals surface area contributed by atoms with Gasteiger partial charge in [-0.3, -0.25) is 16.0 Å². The van der Waals surface area contributed by atoms with E-state index in [-0.39, 0.29) is 6.04 Å². The molecule has 7 heteroatoms. The first-order valence-corrected chi connectivity index (χ1v) is 5.79. The number of nitrogens with zero attached hydrogens (tertiary/aromatic N) is 3. The molecule has 3 N–H and O–H groups in total. The molecule has 0 aliphatic rings. The minimum Gasteiger partial charge on any atom is -0.383 e. The highest BCUT2D eigenvalue weighted by molar-refractivity contribution is 6.31. The summed E-state index contributed by atoms with van der Waals surface area (Å²) in [6.45, 7) is 1.99. The number of nitrogens with two attached hydrogens (primary N) is 1. The van der Waals surface area contributed by atoms with Gasteiger partial charge in [-0.1, -0.05) is 11.6 Å². The second-order valence-corrected chi connectivity index (χ2v) is 4.48. The zero-order chi connectivity index (χ0) is 12.8. The number of methoxy groups -OCH3 is 1. The molecule has 1 atom stereocenters. The number of hydrazine groups is 1. The molecule has 1 aromatic heterocycles. The van der Waals surface area contributed by atoms with Gasteiger partial charge in [-0.05, 0) is 14.1 Å². The molecule has 0 amide bonds. The summed E-state index contributed by atoms with van der Waals surface area (Å²) in [6.07, 6.45) is 1.63. The van der Waals surface area contributed by atoms with Gasteiger partial charge in [0.05, 0.1) is 36.1 Å². The zero-order valence-corrected chi connectivity index (χ0v) is 11.2. The molecule has 17 heavy (non-hydrogen) atoms. The minimum atomic E-state index is -0.0585. The van der Waals surface area contributed by atoms with Crippen LogP contribution in [0.5, 0.6) is 0 Å². The van der Waals surface area contributed by atoms with Gasteiger partial charge in [0, 0.05) is 13.7 Å². The molecular formula is C10H20ClN5O. The number of likely N-dealkylation sites (N-methyl/N-ethyl adjacent to an activating group) is 1. The summed E-state index contributed by atoms with van der Waals surface area (Å²) in [7, 11) is 5.62. The Morgan fingerprint density at radius 2 is 2.35 bits per heavy atom. The summed E-state index contributed by atoms with van der Waals surface area (Å²) >= 11 is 6.14. The van der Waals surface area contributed by atoms with E-state index < -0.39 is 0 Å². The Labute approximate surface area is 107 Å². The average Bonchev–Trinajstić information content (AvgIpc) is 2.64. The van der Waals surface area contributed by atoms with Crippen LogP contribution in [-0.4, -0.2) is 49.0 Å². The van der Waals surface area contributed by atoms with Crippen molar-refractivity contribution in [1.29, 1.82) is 0 Å². The van der Waals surface area contributed by atoms with Crippen molar-refractivity contribution in [3.05, 3.63) is 16.9 Å². The number of halogens is 1. The maximum absolute atomic E-state index is 6.14. The van der Waals surface area contributed by atoms with Gasteiger partial charge >= 0.3 is 0 Å². The summed E-state index contributed by atoms with van der Waals surface area (Å²) in [4.78, 5) is 2.04. The lowest BCUT2D eigenvalue weighted by Crippen LogP contribution is -2.37. The van der Waals surface area contributed by atoms with Crippen LogP contribution in [0.4, 0.5) is 0 Å². The van der Waals surface area contributed by atoms with Crippen molar-refractivity contribution in [2.45, 2.75) is 12.6 Å². The molecule has 1 aromatic rings. The van der Waals surface area contributed by atoms with E-state index in [0.717, 1.165) is 12.2 Å². The first kappa shape index (κ1) is 14.4. The van der Waals surface area contributed by atoms with Crippen LogP contribution in [0.1, 0.15) is 11.7 Å². The summed E-state index contributed by atoms with van der Waals surface area (Å²) < 4.78 is 6.86. The van der Waals surface area contributed by atoms with Gasteiger partial charge in [-0.2, -0.15) is 5.10 Å². The van der Waals surface area contributed by atoms with Gasteiger partial charge in [0.1, 0.15) is 0 Å². The summed E-state index contributed by atoms with van der Waals surface area (Å²) in [5.74, 6) is 5.57. The second-order valence-electron chi connectivity index (χ2n) is 4.08. The van der Waals surface area contributed by atoms with Crippen LogP contribution in [0, 0.1) is 0 Å². The summed E-state index contributed by atoms with van der Waals surface area (Å²) in [6, 6.07) is -0.0585. The largest absolute Gasteiger partial charge is 0.383 e. The number of aromatic nitrogens is 2. The first-order chi connectivity index (χ1) is 8.10. The average molecular weight is 262 g/mol. The van der Waals surface area contributed by atoms with E-state index in [2.05, 4.69) is 10.5 Å². The molecule has 0 aromatic carbocycles. The topological polar surface area (TPSA) is 68.3 Å². The van der Waals surface area contributed by atoms with Crippen LogP contribution in [-0.2, 0) is 11.3 Å². The molecule has 1 unspecified atom stereocenters. The maximum Gasteiger partial charge on any atom is 0.0835 e. The summed E-state index contributed by atoms with van der Waals surface area (Å²) in [5.41, 5.74) is 3.65. The molecule has 98 valence electrons. The van der Waals surface area contributed by atoms with Crippen LogP contribution in [0.15, 0.2) is 6.20 Å². The van der Waals surface area contributed by atoms with Gasteiger partial charge in [-0.25, -0.2) is 0 Å². The number of nitrogens with one attached hydrogen (secondary N) is 1. The van der Waals surface area contributed by atoms with E-state index in [0.29, 0.717) is 18.2 Å². The number of hydrogen-bond acceptors (Lipinski definition) is 5. The minimum absolute atomic E-state index is 0.0585. The lowest BCUT2D eigenvalue weighted by atomic mass is 10.2. The standard InChI is InChI=1S/C10H20ClN5O/c1-15(2)7-9(14-12)10-8(11)6-13-16(10)4-5-17-3/h6,9,14H,4-5,7,12H2,1-3H3. The van der Waals surface area contributed by atoms with Crippen molar-refractivity contribution >= 4 is 11.6 Å². The highest BCUT2D eigenvalue weighted by Gasteiger charge is 2.19. The highest BCUT2D eigenvalue weighted by atomic mass is 35.5. The summed E-state index contributed by atoms with van der Waals surface area (Å²) in [5, 5.41) is 4.84. The number of rotatable bonds is 7. The lowest BCUT2D eigenvalue weighted by Gasteiger charge is -2.21. The van der Waals surface area contributed by atoms with Crippen molar-refractivity contribution in [3.8, 4) is 0 Å². The SMILES string of the molecule is COCCn1ncc(Cl)c1C(CN(C)C)NN. The van der Waals surface area contributed by atoms with Crippen molar-refractivity contribution < 1.29 is 4.74 Å². The molecule has 1 rings (SSSR count). The molecule has 1 heterocycles. The Balaban J connectivity index is 2.88. The fourth-order valence-electron chi connectivity index (χ4n) is 1.66. The third kappa shape index (κ3) is 3.93. The Morgan fingerprint density at radius 1 is 1.65 bits per heavy atom. The predicted molar refractivity (Wildman–Crippen MR) is 67.7 cm³/mol. The van der Waals surface area contributed by atoms with E-state index in [4.69, 9.17) is 22.2 Å². The van der Waals surface area contributed by atoms with Crippen molar-refractivity contribution in [2.24, 2.45) is 5.84 Å². The number of ether oxygens (including phenoxy) is 1. The van der Waals surface area contributed by atoms with E-state index in [1.54, 1.807) is 13.3 Å². The van der Waals surface area contributed by atoms with Gasteiger partial charge in [0.15, 0.2) is 0 Å². The van der Waals surface area contributed by atoms with E-state index in [9.17, 15) is 0 Å². The Kier molecular flexibility index (Phi) is 5.87. The fraction of sp³-hybridized carbons (Fsp3) is 0.700. The van der Waals surface area contributed by atoms with Crippen molar-refractivity contribution in [2.75, 3.05) is 34.4 Å². The van der Waals surface area contributed by atoms with E-state index in [1.165, 1.54) is 0 Å². The normalized spacial score (nSPS) is 13.3. The van der Waals surface area contributed by atoms with Gasteiger partial charge in [-0.15, -0.1) is 0 Å². The van der Waals surface area contributed by atoms with Gasteiger partial charge in [0.25, 0.3) is 0 Å². The highest BCUT2D eigenvalue weighted by Crippen LogP contribution is 2.22. The lowest BCUT2D eigenvalue weighted by molar-refractivity contribution is 0.181. The zero-order valence-electron chi connectivity index (χ0n) is 10.5. The van der Waals surface area contributed by atoms with Crippen LogP contribution in [0.2, 0.25) is 5.02 Å². The van der Waals surface area contributed by atoms with Crippen molar-refractivity contribution in [1.82, 2.24) is 20.1 Å². The third-order valence-corrected chi connectivity index (χ3v) is 2.71. The Morgan fingerprint density at radius 3 is 2.88 bits per heavy atom. The van der Waals surface area contributed by atoms with E-state index in [1.807, 2.05) is 23.7 Å². The predicted octanol–water partition coefficient (Wildman–Crippen LogP) is 0.249. The molecule has 0 fully saturated rings. The molecule has 0 aliphatic carbocycles. The Hall–Kier alpha value is -0.660. The fourth-order valence-corrected chi connectivity index (χ4v) is 1.93. The molecule has 0 radical (unpaired) electrons. The van der Waals surface area contributed by atoms with Gasteiger partial charge in [0.2, 0.25) is 0 Å². The third-order valence-electron chi connectivity index (χ3n) is 2.42. The smallest absolute Gasteiger partial charge is 0.0835 e. The van der Waals surface area contributed by atoms with Crippen LogP contribution < -0.4 is 11.3 Å². The maximum atomic E-state index is 6.14. The van der Waals surface area contributed by atoms with Crippen LogP contribution in [0.3, 0.4) is 0 Å². The monoisotopic (exact) mass is 261 g/mol. The molecule has 0 saturated carbocycles. The van der Waals surface area contributed by atoms with Crippen molar-refractivity contribution in [3.63, 3.8) is 0 Å². The molecule has 0 saturated heterocycles. The van der Waals surface area contributed by atoms with Crippen LogP contribution in [0.25, 0.3) is 0 Å². The first-order valence-electron chi connectivity index (χ1n) is 5.41. The van der Waals surface area contributed by atoms with Crippen LogP contribution >= 0.6 is 11.6 Å². The van der Waals surface area contributed by atoms with Gasteiger partial charge < -0.3 is 9.64 Å². The molecular weight excluding hydrogens is 242 g/mol. The molecule has 0 aliphatic heterocycles. The Bertz CT molecular complexity index is 341. The molecule has 0 spiro atoms. The number of hydrogen-bond donors (Lipinski definition) is 2.